The maximum Gasteiger partial charge on any atom is 0.146 e. The molecule has 1 heterocycles. The fraction of sp³-hybridized carbons (Fsp3) is 0.167. The van der Waals surface area contributed by atoms with Crippen LogP contribution >= 0.6 is 0 Å². The Labute approximate surface area is 58.7 Å². The summed E-state index contributed by atoms with van der Waals surface area (Å²) >= 11 is 0. The van der Waals surface area contributed by atoms with Crippen molar-refractivity contribution >= 4 is 6.21 Å². The van der Waals surface area contributed by atoms with Gasteiger partial charge >= 0.3 is 0 Å². The van der Waals surface area contributed by atoms with Gasteiger partial charge in [-0.2, -0.15) is 5.10 Å². The lowest BCUT2D eigenvalue weighted by Gasteiger charge is -1.88. The van der Waals surface area contributed by atoms with E-state index >= 15 is 0 Å². The predicted molar refractivity (Wildman–Crippen MR) is 38.5 cm³/mol. The van der Waals surface area contributed by atoms with Crippen LogP contribution in [0.4, 0.5) is 0 Å². The highest BCUT2D eigenvalue weighted by atomic mass is 16.3. The maximum atomic E-state index is 5.11. The van der Waals surface area contributed by atoms with Crippen molar-refractivity contribution in [2.24, 2.45) is 10.8 Å². The first kappa shape index (κ1) is 6.82. The number of hydrazone groups is 1. The summed E-state index contributed by atoms with van der Waals surface area (Å²) in [7, 11) is 0. The third kappa shape index (κ3) is 1.91. The van der Waals surface area contributed by atoms with Crippen molar-refractivity contribution in [1.29, 1.82) is 0 Å². The minimum absolute atomic E-state index is 0.331. The van der Waals surface area contributed by atoms with E-state index in [1.807, 2.05) is 6.07 Å². The van der Waals surface area contributed by atoms with Gasteiger partial charge in [-0.15, -0.1) is 0 Å². The number of furan rings is 1. The zero-order valence-electron chi connectivity index (χ0n) is 5.45. The molecular weight excluding hydrogens is 130 g/mol. The monoisotopic (exact) mass is 139 g/mol. The summed E-state index contributed by atoms with van der Waals surface area (Å²) in [6.45, 7) is 0.331. The molecule has 4 heteroatoms. The fourth-order valence-electron chi connectivity index (χ4n) is 0.527. The Morgan fingerprint density at radius 1 is 1.80 bits per heavy atom. The van der Waals surface area contributed by atoms with Crippen LogP contribution in [0, 0.1) is 0 Å². The quantitative estimate of drug-likeness (QED) is 0.355. The molecule has 0 saturated heterocycles. The Morgan fingerprint density at radius 3 is 3.30 bits per heavy atom. The molecule has 0 saturated carbocycles. The van der Waals surface area contributed by atoms with Crippen LogP contribution in [0.5, 0.6) is 0 Å². The van der Waals surface area contributed by atoms with Gasteiger partial charge in [-0.05, 0) is 12.1 Å². The standard InChI is InChI=1S/C6H9N3O/c7-5-9-8-4-6-2-1-3-10-6/h1-4,9H,5,7H2/b8-4+. The lowest BCUT2D eigenvalue weighted by atomic mass is 10.5. The zero-order valence-corrected chi connectivity index (χ0v) is 5.45. The van der Waals surface area contributed by atoms with Crippen molar-refractivity contribution in [1.82, 2.24) is 5.43 Å². The molecule has 1 rings (SSSR count). The van der Waals surface area contributed by atoms with Gasteiger partial charge in [-0.1, -0.05) is 0 Å². The Kier molecular flexibility index (Phi) is 2.51. The van der Waals surface area contributed by atoms with Crippen molar-refractivity contribution in [3.05, 3.63) is 24.2 Å². The predicted octanol–water partition coefficient (Wildman–Crippen LogP) is 0.119. The number of hydrogen-bond acceptors (Lipinski definition) is 4. The first-order valence-corrected chi connectivity index (χ1v) is 2.93. The minimum Gasteiger partial charge on any atom is -0.463 e. The summed E-state index contributed by atoms with van der Waals surface area (Å²) in [5.41, 5.74) is 7.69. The molecular formula is C6H9N3O. The van der Waals surface area contributed by atoms with Crippen LogP contribution in [-0.2, 0) is 0 Å². The van der Waals surface area contributed by atoms with Crippen molar-refractivity contribution in [3.8, 4) is 0 Å². The van der Waals surface area contributed by atoms with E-state index in [0.29, 0.717) is 12.4 Å². The second kappa shape index (κ2) is 3.68. The van der Waals surface area contributed by atoms with Gasteiger partial charge < -0.3 is 10.2 Å². The molecule has 0 aliphatic carbocycles. The van der Waals surface area contributed by atoms with Crippen molar-refractivity contribution in [2.75, 3.05) is 6.67 Å². The van der Waals surface area contributed by atoms with Gasteiger partial charge in [0.2, 0.25) is 0 Å². The minimum atomic E-state index is 0.331. The van der Waals surface area contributed by atoms with E-state index in [0.717, 1.165) is 0 Å². The lowest BCUT2D eigenvalue weighted by Crippen LogP contribution is -2.15. The SMILES string of the molecule is NCN/N=C/c1ccco1. The molecule has 0 bridgehead atoms. The van der Waals surface area contributed by atoms with E-state index in [1.165, 1.54) is 0 Å². The van der Waals surface area contributed by atoms with Crippen LogP contribution in [0.3, 0.4) is 0 Å². The summed E-state index contributed by atoms with van der Waals surface area (Å²) in [4.78, 5) is 0. The lowest BCUT2D eigenvalue weighted by molar-refractivity contribution is 0.559. The van der Waals surface area contributed by atoms with Gasteiger partial charge in [-0.3, -0.25) is 5.43 Å². The van der Waals surface area contributed by atoms with Gasteiger partial charge in [0.05, 0.1) is 19.1 Å². The van der Waals surface area contributed by atoms with Crippen LogP contribution in [0.2, 0.25) is 0 Å². The number of hydrogen-bond donors (Lipinski definition) is 2. The van der Waals surface area contributed by atoms with Crippen LogP contribution < -0.4 is 11.2 Å². The third-order valence-corrected chi connectivity index (χ3v) is 0.918. The summed E-state index contributed by atoms with van der Waals surface area (Å²) in [6, 6.07) is 3.60. The second-order valence-electron chi connectivity index (χ2n) is 1.64. The number of nitrogens with one attached hydrogen (secondary N) is 1. The molecule has 4 nitrogen and oxygen atoms in total. The van der Waals surface area contributed by atoms with Crippen LogP contribution in [0.1, 0.15) is 5.76 Å². The van der Waals surface area contributed by atoms with Crippen LogP contribution in [0.15, 0.2) is 27.9 Å². The summed E-state index contributed by atoms with van der Waals surface area (Å²) in [6.07, 6.45) is 3.15. The molecule has 0 atom stereocenters. The highest BCUT2D eigenvalue weighted by Crippen LogP contribution is 1.93. The first-order chi connectivity index (χ1) is 4.93. The molecule has 1 aromatic heterocycles. The van der Waals surface area contributed by atoms with Gasteiger partial charge in [0.15, 0.2) is 0 Å². The molecule has 0 aliphatic rings. The highest BCUT2D eigenvalue weighted by Gasteiger charge is 1.85. The highest BCUT2D eigenvalue weighted by molar-refractivity contribution is 5.75. The smallest absolute Gasteiger partial charge is 0.146 e. The summed E-state index contributed by atoms with van der Waals surface area (Å²) < 4.78 is 4.95. The molecule has 1 aromatic rings. The average molecular weight is 139 g/mol. The Morgan fingerprint density at radius 2 is 2.70 bits per heavy atom. The Hall–Kier alpha value is -1.29. The third-order valence-electron chi connectivity index (χ3n) is 0.918. The molecule has 0 unspecified atom stereocenters. The van der Waals surface area contributed by atoms with Crippen molar-refractivity contribution < 1.29 is 4.42 Å². The van der Waals surface area contributed by atoms with E-state index in [-0.39, 0.29) is 0 Å². The van der Waals surface area contributed by atoms with Crippen LogP contribution in [0.25, 0.3) is 0 Å². The number of nitrogens with zero attached hydrogens (tertiary/aromatic N) is 1. The first-order valence-electron chi connectivity index (χ1n) is 2.93. The molecule has 10 heavy (non-hydrogen) atoms. The molecule has 3 N–H and O–H groups in total. The molecule has 0 aliphatic heterocycles. The van der Waals surface area contributed by atoms with E-state index in [4.69, 9.17) is 10.2 Å². The normalized spacial score (nSPS) is 10.5. The van der Waals surface area contributed by atoms with Gasteiger partial charge in [0.25, 0.3) is 0 Å². The van der Waals surface area contributed by atoms with Gasteiger partial charge in [0, 0.05) is 0 Å². The van der Waals surface area contributed by atoms with E-state index < -0.39 is 0 Å². The second-order valence-corrected chi connectivity index (χ2v) is 1.64. The molecule has 54 valence electrons. The molecule has 0 aromatic carbocycles. The molecule has 0 amide bonds. The fourth-order valence-corrected chi connectivity index (χ4v) is 0.527. The van der Waals surface area contributed by atoms with Crippen molar-refractivity contribution in [2.45, 2.75) is 0 Å². The van der Waals surface area contributed by atoms with E-state index in [9.17, 15) is 0 Å². The summed E-state index contributed by atoms with van der Waals surface area (Å²) in [5, 5.41) is 3.74. The van der Waals surface area contributed by atoms with Gasteiger partial charge in [0.1, 0.15) is 5.76 Å². The van der Waals surface area contributed by atoms with Crippen LogP contribution in [-0.4, -0.2) is 12.9 Å². The largest absolute Gasteiger partial charge is 0.463 e. The van der Waals surface area contributed by atoms with Gasteiger partial charge in [-0.25, -0.2) is 0 Å². The Balaban J connectivity index is 2.40. The number of rotatable bonds is 3. The molecule has 0 radical (unpaired) electrons. The average Bonchev–Trinajstić information content (AvgIpc) is 2.41. The molecule has 0 fully saturated rings. The number of nitrogens with two attached hydrogens (primary N) is 1. The van der Waals surface area contributed by atoms with E-state index in [1.54, 1.807) is 18.5 Å². The summed E-state index contributed by atoms with van der Waals surface area (Å²) in [5.74, 6) is 0.709. The zero-order chi connectivity index (χ0) is 7.23. The van der Waals surface area contributed by atoms with Crippen molar-refractivity contribution in [3.63, 3.8) is 0 Å². The molecule has 0 spiro atoms. The Bertz CT molecular complexity index is 193. The topological polar surface area (TPSA) is 63.5 Å². The van der Waals surface area contributed by atoms with E-state index in [2.05, 4.69) is 10.5 Å². The maximum absolute atomic E-state index is 5.11.